The van der Waals surface area contributed by atoms with Crippen LogP contribution >= 0.6 is 15.9 Å². The van der Waals surface area contributed by atoms with Gasteiger partial charge in [-0.15, -0.1) is 0 Å². The number of carboxylic acid groups (broad SMARTS) is 1. The van der Waals surface area contributed by atoms with Crippen LogP contribution in [0, 0.1) is 5.41 Å². The van der Waals surface area contributed by atoms with Gasteiger partial charge in [0.2, 0.25) is 11.8 Å². The lowest BCUT2D eigenvalue weighted by atomic mass is 9.96. The summed E-state index contributed by atoms with van der Waals surface area (Å²) >= 11 is 3.40. The number of nitrogens with one attached hydrogen (secondary N) is 3. The number of rotatable bonds is 7. The molecule has 176 valence electrons. The van der Waals surface area contributed by atoms with E-state index in [0.717, 1.165) is 10.0 Å². The zero-order chi connectivity index (χ0) is 25.1. The van der Waals surface area contributed by atoms with Gasteiger partial charge >= 0.3 is 0 Å². The number of carbonyl (C=O) groups excluding carboxylic acids is 2. The van der Waals surface area contributed by atoms with Gasteiger partial charge < -0.3 is 21.5 Å². The molecule has 0 radical (unpaired) electrons. The Labute approximate surface area is 205 Å². The molecular formula is C25H25BrN4O4. The molecule has 0 aromatic heterocycles. The van der Waals surface area contributed by atoms with Crippen LogP contribution in [-0.2, 0) is 14.4 Å². The number of carbonyl (C=O) groups is 3. The van der Waals surface area contributed by atoms with Gasteiger partial charge in [-0.25, -0.2) is 0 Å². The monoisotopic (exact) mass is 524 g/mol. The van der Waals surface area contributed by atoms with Gasteiger partial charge in [0, 0.05) is 15.7 Å². The van der Waals surface area contributed by atoms with Crippen LogP contribution in [0.4, 0.5) is 5.69 Å². The Kier molecular flexibility index (Phi) is 9.97. The van der Waals surface area contributed by atoms with Gasteiger partial charge in [-0.1, -0.05) is 58.4 Å². The van der Waals surface area contributed by atoms with Gasteiger partial charge in [0.05, 0.1) is 6.04 Å². The lowest BCUT2D eigenvalue weighted by Crippen LogP contribution is -2.37. The van der Waals surface area contributed by atoms with Crippen molar-refractivity contribution in [1.29, 1.82) is 5.41 Å². The molecule has 0 aliphatic carbocycles. The summed E-state index contributed by atoms with van der Waals surface area (Å²) in [5, 5.41) is 20.1. The van der Waals surface area contributed by atoms with Crippen molar-refractivity contribution in [1.82, 2.24) is 5.32 Å². The normalized spacial score (nSPS) is 11.7. The highest BCUT2D eigenvalue weighted by atomic mass is 79.9. The van der Waals surface area contributed by atoms with Gasteiger partial charge in [-0.3, -0.25) is 19.8 Å². The maximum absolute atomic E-state index is 13.1. The van der Waals surface area contributed by atoms with E-state index >= 15 is 0 Å². The molecule has 0 saturated carbocycles. The van der Waals surface area contributed by atoms with Crippen molar-refractivity contribution in [3.8, 4) is 0 Å². The van der Waals surface area contributed by atoms with Crippen LogP contribution in [0.25, 0.3) is 0 Å². The average Bonchev–Trinajstić information content (AvgIpc) is 2.81. The summed E-state index contributed by atoms with van der Waals surface area (Å²) in [5.74, 6) is -1.91. The summed E-state index contributed by atoms with van der Waals surface area (Å²) < 4.78 is 0.951. The predicted octanol–water partition coefficient (Wildman–Crippen LogP) is 4.03. The number of amidine groups is 1. The molecule has 2 atom stereocenters. The topological polar surface area (TPSA) is 145 Å². The van der Waals surface area contributed by atoms with E-state index in [1.54, 1.807) is 48.5 Å². The maximum Gasteiger partial charge on any atom is 0.290 e. The minimum Gasteiger partial charge on any atom is -0.483 e. The standard InChI is InChI=1S/C24H23BrN4O2.CH2O2/c1-15(16-7-11-19(25)12-8-16)28-23(30)21(17-5-3-2-4-6-17)24(31)29-20-13-9-18(10-14-20)22(26)27;2-1-3/h2-15,21H,1H3,(H3,26,27)(H,28,30)(H,29,31);1H,(H,2,3)/t15-,21?;/m0./s1. The van der Waals surface area contributed by atoms with E-state index in [0.29, 0.717) is 16.8 Å². The average molecular weight is 525 g/mol. The first-order valence-corrected chi connectivity index (χ1v) is 11.0. The van der Waals surface area contributed by atoms with Crippen LogP contribution in [0.1, 0.15) is 35.6 Å². The Balaban J connectivity index is 0.00000129. The van der Waals surface area contributed by atoms with Crippen molar-refractivity contribution in [2.24, 2.45) is 5.73 Å². The summed E-state index contributed by atoms with van der Waals surface area (Å²) in [6.07, 6.45) is 0. The second-order valence-corrected chi connectivity index (χ2v) is 8.13. The second kappa shape index (κ2) is 12.9. The first-order chi connectivity index (χ1) is 16.3. The van der Waals surface area contributed by atoms with E-state index in [2.05, 4.69) is 26.6 Å². The fraction of sp³-hybridized carbons (Fsp3) is 0.120. The molecule has 0 heterocycles. The SMILES string of the molecule is C[C@H](NC(=O)C(C(=O)Nc1ccc(C(=N)N)cc1)c1ccccc1)c1ccc(Br)cc1.O=CO. The fourth-order valence-corrected chi connectivity index (χ4v) is 3.41. The molecule has 8 nitrogen and oxygen atoms in total. The van der Waals surface area contributed by atoms with Gasteiger partial charge in [0.1, 0.15) is 11.8 Å². The van der Waals surface area contributed by atoms with Crippen LogP contribution < -0.4 is 16.4 Å². The number of anilines is 1. The zero-order valence-electron chi connectivity index (χ0n) is 18.4. The van der Waals surface area contributed by atoms with E-state index in [-0.39, 0.29) is 24.3 Å². The molecule has 3 aromatic rings. The first-order valence-electron chi connectivity index (χ1n) is 10.2. The van der Waals surface area contributed by atoms with E-state index in [9.17, 15) is 9.59 Å². The molecule has 0 saturated heterocycles. The van der Waals surface area contributed by atoms with Crippen LogP contribution in [0.15, 0.2) is 83.3 Å². The third kappa shape index (κ3) is 7.56. The molecule has 3 aromatic carbocycles. The first kappa shape index (κ1) is 26.3. The van der Waals surface area contributed by atoms with Crippen molar-refractivity contribution < 1.29 is 19.5 Å². The van der Waals surface area contributed by atoms with Crippen molar-refractivity contribution >= 4 is 45.7 Å². The predicted molar refractivity (Wildman–Crippen MR) is 135 cm³/mol. The number of nitrogen functional groups attached to an aromatic ring is 1. The highest BCUT2D eigenvalue weighted by Crippen LogP contribution is 2.22. The third-order valence-corrected chi connectivity index (χ3v) is 5.38. The lowest BCUT2D eigenvalue weighted by Gasteiger charge is -2.21. The minimum atomic E-state index is -1.02. The molecule has 0 bridgehead atoms. The van der Waals surface area contributed by atoms with Crippen LogP contribution in [0.5, 0.6) is 0 Å². The smallest absolute Gasteiger partial charge is 0.290 e. The highest BCUT2D eigenvalue weighted by Gasteiger charge is 2.29. The van der Waals surface area contributed by atoms with Crippen LogP contribution in [0.3, 0.4) is 0 Å². The molecule has 0 fully saturated rings. The number of amides is 2. The highest BCUT2D eigenvalue weighted by molar-refractivity contribution is 9.10. The fourth-order valence-electron chi connectivity index (χ4n) is 3.15. The Morgan fingerprint density at radius 3 is 2.03 bits per heavy atom. The van der Waals surface area contributed by atoms with E-state index in [1.807, 2.05) is 37.3 Å². The molecule has 34 heavy (non-hydrogen) atoms. The van der Waals surface area contributed by atoms with E-state index in [4.69, 9.17) is 21.0 Å². The van der Waals surface area contributed by atoms with Crippen LogP contribution in [0.2, 0.25) is 0 Å². The molecule has 0 spiro atoms. The Hall–Kier alpha value is -3.98. The molecule has 1 unspecified atom stereocenters. The molecule has 0 aliphatic rings. The van der Waals surface area contributed by atoms with Crippen LogP contribution in [-0.4, -0.2) is 29.2 Å². The largest absolute Gasteiger partial charge is 0.483 e. The van der Waals surface area contributed by atoms with Gasteiger partial charge in [-0.2, -0.15) is 0 Å². The Bertz CT molecular complexity index is 1120. The van der Waals surface area contributed by atoms with Crippen molar-refractivity contribution in [2.45, 2.75) is 18.9 Å². The minimum absolute atomic E-state index is 0.0543. The number of halogens is 1. The molecule has 0 aliphatic heterocycles. The number of nitrogens with two attached hydrogens (primary N) is 1. The molecular weight excluding hydrogens is 500 g/mol. The zero-order valence-corrected chi connectivity index (χ0v) is 20.0. The van der Waals surface area contributed by atoms with Gasteiger partial charge in [0.15, 0.2) is 0 Å². The van der Waals surface area contributed by atoms with Crippen molar-refractivity contribution in [3.63, 3.8) is 0 Å². The van der Waals surface area contributed by atoms with Crippen molar-refractivity contribution in [3.05, 3.63) is 100 Å². The second-order valence-electron chi connectivity index (χ2n) is 7.21. The van der Waals surface area contributed by atoms with Crippen molar-refractivity contribution in [2.75, 3.05) is 5.32 Å². The summed E-state index contributed by atoms with van der Waals surface area (Å²) in [7, 11) is 0. The summed E-state index contributed by atoms with van der Waals surface area (Å²) in [5.41, 5.74) is 8.08. The molecule has 3 rings (SSSR count). The third-order valence-electron chi connectivity index (χ3n) is 4.85. The number of hydrogen-bond acceptors (Lipinski definition) is 4. The van der Waals surface area contributed by atoms with E-state index < -0.39 is 11.8 Å². The molecule has 6 N–H and O–H groups in total. The summed E-state index contributed by atoms with van der Waals surface area (Å²) in [6.45, 7) is 1.63. The lowest BCUT2D eigenvalue weighted by molar-refractivity contribution is -0.129. The molecule has 2 amide bonds. The Morgan fingerprint density at radius 1 is 0.941 bits per heavy atom. The maximum atomic E-state index is 13.1. The molecule has 9 heteroatoms. The summed E-state index contributed by atoms with van der Waals surface area (Å²) in [4.78, 5) is 34.6. The quantitative estimate of drug-likeness (QED) is 0.137. The number of benzene rings is 3. The van der Waals surface area contributed by atoms with E-state index in [1.165, 1.54) is 0 Å². The Morgan fingerprint density at radius 2 is 1.50 bits per heavy atom. The summed E-state index contributed by atoms with van der Waals surface area (Å²) in [6, 6.07) is 22.9. The van der Waals surface area contributed by atoms with Gasteiger partial charge in [0.25, 0.3) is 6.47 Å². The number of hydrogen-bond donors (Lipinski definition) is 5. The van der Waals surface area contributed by atoms with Gasteiger partial charge in [-0.05, 0) is 54.4 Å².